The molecule has 0 radical (unpaired) electrons. The third kappa shape index (κ3) is 5.24. The fraction of sp³-hybridized carbons (Fsp3) is 0.538. The van der Waals surface area contributed by atoms with Gasteiger partial charge in [-0.15, -0.1) is 11.8 Å². The molecule has 0 saturated heterocycles. The first kappa shape index (κ1) is 13.9. The van der Waals surface area contributed by atoms with Gasteiger partial charge in [-0.3, -0.25) is 0 Å². The third-order valence-corrected chi connectivity index (χ3v) is 3.93. The van der Waals surface area contributed by atoms with Crippen LogP contribution >= 0.6 is 23.4 Å². The molecule has 1 atom stereocenters. The van der Waals surface area contributed by atoms with Crippen LogP contribution in [0.15, 0.2) is 29.2 Å². The molecule has 90 valence electrons. The number of hydrogen-bond donors (Lipinski definition) is 1. The maximum Gasteiger partial charge on any atom is 0.0541 e. The lowest BCUT2D eigenvalue weighted by Gasteiger charge is -2.12. The van der Waals surface area contributed by atoms with Crippen molar-refractivity contribution in [3.05, 3.63) is 29.3 Å². The van der Waals surface area contributed by atoms with Crippen LogP contribution < -0.4 is 5.32 Å². The summed E-state index contributed by atoms with van der Waals surface area (Å²) < 4.78 is 0. The molecule has 0 heterocycles. The lowest BCUT2D eigenvalue weighted by molar-refractivity contribution is 0.526. The summed E-state index contributed by atoms with van der Waals surface area (Å²) in [6, 6.07) is 8.63. The maximum absolute atomic E-state index is 6.07. The SMILES string of the molecule is CCCC(C)NCCSc1ccccc1Cl. The Balaban J connectivity index is 2.19. The number of nitrogens with one attached hydrogen (secondary N) is 1. The second-order valence-electron chi connectivity index (χ2n) is 3.92. The van der Waals surface area contributed by atoms with E-state index in [1.54, 1.807) is 0 Å². The Morgan fingerprint density at radius 3 is 2.81 bits per heavy atom. The molecule has 0 aliphatic heterocycles. The first-order chi connectivity index (χ1) is 7.74. The first-order valence-electron chi connectivity index (χ1n) is 5.84. The van der Waals surface area contributed by atoms with Gasteiger partial charge in [-0.05, 0) is 25.5 Å². The Bertz CT molecular complexity index is 304. The van der Waals surface area contributed by atoms with Crippen LogP contribution in [0.25, 0.3) is 0 Å². The van der Waals surface area contributed by atoms with E-state index in [-0.39, 0.29) is 0 Å². The van der Waals surface area contributed by atoms with Gasteiger partial charge < -0.3 is 5.32 Å². The zero-order valence-electron chi connectivity index (χ0n) is 10.0. The minimum absolute atomic E-state index is 0.622. The Morgan fingerprint density at radius 1 is 1.38 bits per heavy atom. The fourth-order valence-corrected chi connectivity index (χ4v) is 2.68. The van der Waals surface area contributed by atoms with Crippen molar-refractivity contribution in [2.24, 2.45) is 0 Å². The van der Waals surface area contributed by atoms with Crippen molar-refractivity contribution in [3.8, 4) is 0 Å². The molecule has 0 saturated carbocycles. The van der Waals surface area contributed by atoms with Crippen LogP contribution in [-0.2, 0) is 0 Å². The quantitative estimate of drug-likeness (QED) is 0.580. The average Bonchev–Trinajstić information content (AvgIpc) is 2.27. The van der Waals surface area contributed by atoms with Crippen LogP contribution in [-0.4, -0.2) is 18.3 Å². The molecule has 0 fully saturated rings. The van der Waals surface area contributed by atoms with Gasteiger partial charge in [0.1, 0.15) is 0 Å². The minimum Gasteiger partial charge on any atom is -0.313 e. The molecular formula is C13H20ClNS. The Hall–Kier alpha value is -0.180. The predicted molar refractivity (Wildman–Crippen MR) is 74.5 cm³/mol. The Kier molecular flexibility index (Phi) is 6.93. The number of benzene rings is 1. The van der Waals surface area contributed by atoms with Gasteiger partial charge in [0.25, 0.3) is 0 Å². The van der Waals surface area contributed by atoms with Crippen molar-refractivity contribution < 1.29 is 0 Å². The van der Waals surface area contributed by atoms with E-state index in [1.165, 1.54) is 17.7 Å². The van der Waals surface area contributed by atoms with Crippen molar-refractivity contribution in [1.29, 1.82) is 0 Å². The highest BCUT2D eigenvalue weighted by Gasteiger charge is 2.01. The van der Waals surface area contributed by atoms with Crippen LogP contribution in [0.1, 0.15) is 26.7 Å². The van der Waals surface area contributed by atoms with E-state index in [2.05, 4.69) is 25.2 Å². The van der Waals surface area contributed by atoms with Gasteiger partial charge in [0.2, 0.25) is 0 Å². The van der Waals surface area contributed by atoms with E-state index in [1.807, 2.05) is 30.0 Å². The highest BCUT2D eigenvalue weighted by atomic mass is 35.5. The average molecular weight is 258 g/mol. The molecule has 1 nitrogen and oxygen atoms in total. The normalized spacial score (nSPS) is 12.7. The van der Waals surface area contributed by atoms with Crippen LogP contribution in [0.4, 0.5) is 0 Å². The highest BCUT2D eigenvalue weighted by Crippen LogP contribution is 2.25. The van der Waals surface area contributed by atoms with E-state index in [0.717, 1.165) is 17.3 Å². The summed E-state index contributed by atoms with van der Waals surface area (Å²) in [5, 5.41) is 4.36. The van der Waals surface area contributed by atoms with Crippen molar-refractivity contribution in [3.63, 3.8) is 0 Å². The van der Waals surface area contributed by atoms with Gasteiger partial charge in [0.15, 0.2) is 0 Å². The Morgan fingerprint density at radius 2 is 2.12 bits per heavy atom. The van der Waals surface area contributed by atoms with Crippen molar-refractivity contribution in [2.75, 3.05) is 12.3 Å². The van der Waals surface area contributed by atoms with E-state index >= 15 is 0 Å². The van der Waals surface area contributed by atoms with Crippen LogP contribution in [0, 0.1) is 0 Å². The summed E-state index contributed by atoms with van der Waals surface area (Å²) >= 11 is 7.89. The summed E-state index contributed by atoms with van der Waals surface area (Å²) in [4.78, 5) is 1.18. The molecule has 1 N–H and O–H groups in total. The topological polar surface area (TPSA) is 12.0 Å². The number of thioether (sulfide) groups is 1. The largest absolute Gasteiger partial charge is 0.313 e. The van der Waals surface area contributed by atoms with Crippen molar-refractivity contribution >= 4 is 23.4 Å². The van der Waals surface area contributed by atoms with Crippen molar-refractivity contribution in [2.45, 2.75) is 37.6 Å². The summed E-state index contributed by atoms with van der Waals surface area (Å²) in [6.45, 7) is 5.50. The van der Waals surface area contributed by atoms with Gasteiger partial charge in [-0.25, -0.2) is 0 Å². The summed E-state index contributed by atoms with van der Waals surface area (Å²) in [7, 11) is 0. The van der Waals surface area contributed by atoms with Crippen LogP contribution in [0.2, 0.25) is 5.02 Å². The summed E-state index contributed by atoms with van der Waals surface area (Å²) in [5.74, 6) is 1.07. The molecule has 1 aromatic carbocycles. The smallest absolute Gasteiger partial charge is 0.0541 e. The molecule has 0 amide bonds. The predicted octanol–water partition coefficient (Wildman–Crippen LogP) is 4.21. The lowest BCUT2D eigenvalue weighted by atomic mass is 10.2. The summed E-state index contributed by atoms with van der Waals surface area (Å²) in [6.07, 6.45) is 2.49. The molecule has 0 aliphatic carbocycles. The molecule has 1 rings (SSSR count). The molecule has 16 heavy (non-hydrogen) atoms. The van der Waals surface area contributed by atoms with E-state index in [0.29, 0.717) is 6.04 Å². The van der Waals surface area contributed by atoms with Gasteiger partial charge in [-0.1, -0.05) is 37.1 Å². The molecule has 3 heteroatoms. The van der Waals surface area contributed by atoms with Crippen LogP contribution in [0.5, 0.6) is 0 Å². The first-order valence-corrected chi connectivity index (χ1v) is 7.21. The minimum atomic E-state index is 0.622. The number of hydrogen-bond acceptors (Lipinski definition) is 2. The number of halogens is 1. The monoisotopic (exact) mass is 257 g/mol. The standard InChI is InChI=1S/C13H20ClNS/c1-3-6-11(2)15-9-10-16-13-8-5-4-7-12(13)14/h4-5,7-8,11,15H,3,6,9-10H2,1-2H3. The van der Waals surface area contributed by atoms with Crippen molar-refractivity contribution in [1.82, 2.24) is 5.32 Å². The molecule has 0 bridgehead atoms. The van der Waals surface area contributed by atoms with E-state index < -0.39 is 0 Å². The molecule has 0 aromatic heterocycles. The highest BCUT2D eigenvalue weighted by molar-refractivity contribution is 7.99. The molecule has 1 aromatic rings. The zero-order chi connectivity index (χ0) is 11.8. The zero-order valence-corrected chi connectivity index (χ0v) is 11.6. The molecule has 1 unspecified atom stereocenters. The second-order valence-corrected chi connectivity index (χ2v) is 5.47. The molecular weight excluding hydrogens is 238 g/mol. The maximum atomic E-state index is 6.07. The van der Waals surface area contributed by atoms with Gasteiger partial charge in [-0.2, -0.15) is 0 Å². The molecule has 0 spiro atoms. The lowest BCUT2D eigenvalue weighted by Crippen LogP contribution is -2.27. The molecule has 0 aliphatic rings. The van der Waals surface area contributed by atoms with Gasteiger partial charge >= 0.3 is 0 Å². The van der Waals surface area contributed by atoms with E-state index in [9.17, 15) is 0 Å². The second kappa shape index (κ2) is 7.99. The van der Waals surface area contributed by atoms with Gasteiger partial charge in [0, 0.05) is 23.2 Å². The summed E-state index contributed by atoms with van der Waals surface area (Å²) in [5.41, 5.74) is 0. The van der Waals surface area contributed by atoms with Gasteiger partial charge in [0.05, 0.1) is 5.02 Å². The third-order valence-electron chi connectivity index (χ3n) is 2.41. The Labute approximate surface area is 108 Å². The fourth-order valence-electron chi connectivity index (χ4n) is 1.56. The van der Waals surface area contributed by atoms with Crippen LogP contribution in [0.3, 0.4) is 0 Å². The van der Waals surface area contributed by atoms with E-state index in [4.69, 9.17) is 11.6 Å². The number of rotatable bonds is 7.